The Bertz CT molecular complexity index is 160. The van der Waals surface area contributed by atoms with Gasteiger partial charge in [-0.1, -0.05) is 19.8 Å². The molecule has 0 aromatic rings. The zero-order valence-corrected chi connectivity index (χ0v) is 8.59. The molecule has 0 saturated carbocycles. The first-order chi connectivity index (χ1) is 5.54. The molecule has 0 aliphatic rings. The van der Waals surface area contributed by atoms with Crippen LogP contribution in [0.15, 0.2) is 0 Å². The van der Waals surface area contributed by atoms with Crippen molar-refractivity contribution in [3.8, 4) is 11.8 Å². The van der Waals surface area contributed by atoms with E-state index in [0.717, 1.165) is 18.8 Å². The van der Waals surface area contributed by atoms with Crippen LogP contribution in [0.5, 0.6) is 0 Å². The lowest BCUT2D eigenvalue weighted by Gasteiger charge is -2.05. The van der Waals surface area contributed by atoms with E-state index < -0.39 is 0 Å². The van der Waals surface area contributed by atoms with Gasteiger partial charge in [0, 0.05) is 12.3 Å². The van der Waals surface area contributed by atoms with E-state index in [1.54, 1.807) is 6.92 Å². The van der Waals surface area contributed by atoms with E-state index in [0.29, 0.717) is 0 Å². The number of rotatable bonds is 3. The van der Waals surface area contributed by atoms with Gasteiger partial charge >= 0.3 is 0 Å². The highest BCUT2D eigenvalue weighted by molar-refractivity contribution is 5.03. The maximum Gasteiger partial charge on any atom is 0.0646 e. The molecule has 0 aromatic carbocycles. The molecule has 0 bridgehead atoms. The molecule has 0 aromatic heterocycles. The summed E-state index contributed by atoms with van der Waals surface area (Å²) in [6.45, 7) is 8.12. The highest BCUT2D eigenvalue weighted by Gasteiger charge is 2.02. The lowest BCUT2D eigenvalue weighted by molar-refractivity contribution is 0.161. The summed E-state index contributed by atoms with van der Waals surface area (Å²) in [4.78, 5) is 0. The van der Waals surface area contributed by atoms with E-state index in [4.69, 9.17) is 5.11 Å². The lowest BCUT2D eigenvalue weighted by atomic mass is 10.1. The Balaban J connectivity index is 3.59. The van der Waals surface area contributed by atoms with Gasteiger partial charge in [0.2, 0.25) is 0 Å². The van der Waals surface area contributed by atoms with E-state index in [1.165, 1.54) is 0 Å². The fourth-order valence-electron chi connectivity index (χ4n) is 0.715. The van der Waals surface area contributed by atoms with Gasteiger partial charge in [0.1, 0.15) is 0 Å². The summed E-state index contributed by atoms with van der Waals surface area (Å²) in [7, 11) is 0. The molecule has 0 saturated heterocycles. The third-order valence-electron chi connectivity index (χ3n) is 1.90. The summed E-state index contributed by atoms with van der Waals surface area (Å²) < 4.78 is 0. The van der Waals surface area contributed by atoms with Crippen LogP contribution in [0.1, 0.15) is 40.5 Å². The Labute approximate surface area is 76.2 Å². The maximum atomic E-state index is 9.13. The van der Waals surface area contributed by atoms with Crippen molar-refractivity contribution in [2.75, 3.05) is 0 Å². The lowest BCUT2D eigenvalue weighted by Crippen LogP contribution is -2.10. The van der Waals surface area contributed by atoms with Crippen molar-refractivity contribution in [3.05, 3.63) is 0 Å². The summed E-state index contributed by atoms with van der Waals surface area (Å²) in [6.07, 6.45) is 1.80. The molecular weight excluding hydrogens is 148 g/mol. The van der Waals surface area contributed by atoms with E-state index >= 15 is 0 Å². The van der Waals surface area contributed by atoms with Crippen molar-refractivity contribution in [2.24, 2.45) is 11.8 Å². The van der Waals surface area contributed by atoms with Gasteiger partial charge in [-0.2, -0.15) is 0 Å². The Kier molecular flexibility index (Phi) is 5.84. The van der Waals surface area contributed by atoms with Crippen molar-refractivity contribution in [3.63, 3.8) is 0 Å². The van der Waals surface area contributed by atoms with E-state index in [9.17, 15) is 0 Å². The molecule has 0 spiro atoms. The number of aliphatic hydroxyl groups is 1. The third kappa shape index (κ3) is 6.24. The summed E-state index contributed by atoms with van der Waals surface area (Å²) in [5.41, 5.74) is 0. The standard InChI is InChI=1S/C11H20O/c1-9(2)7-5-6-8-10(3)11(4)12/h9-12H,5,7H2,1-4H3/t10-,11+/m1/s1. The number of hydrogen-bond acceptors (Lipinski definition) is 1. The molecule has 0 amide bonds. The van der Waals surface area contributed by atoms with Crippen LogP contribution in [0.3, 0.4) is 0 Å². The van der Waals surface area contributed by atoms with Crippen molar-refractivity contribution < 1.29 is 5.11 Å². The Morgan fingerprint density at radius 2 is 1.75 bits per heavy atom. The van der Waals surface area contributed by atoms with Gasteiger partial charge in [-0.3, -0.25) is 0 Å². The summed E-state index contributed by atoms with van der Waals surface area (Å²) in [5, 5.41) is 9.13. The van der Waals surface area contributed by atoms with E-state index in [1.807, 2.05) is 6.92 Å². The first kappa shape index (κ1) is 11.5. The van der Waals surface area contributed by atoms with Gasteiger partial charge in [-0.15, -0.1) is 5.92 Å². The molecule has 70 valence electrons. The number of aliphatic hydroxyl groups excluding tert-OH is 1. The molecule has 0 radical (unpaired) electrons. The zero-order valence-electron chi connectivity index (χ0n) is 8.59. The topological polar surface area (TPSA) is 20.2 Å². The first-order valence-electron chi connectivity index (χ1n) is 4.70. The first-order valence-corrected chi connectivity index (χ1v) is 4.70. The quantitative estimate of drug-likeness (QED) is 0.642. The van der Waals surface area contributed by atoms with Crippen LogP contribution >= 0.6 is 0 Å². The fourth-order valence-corrected chi connectivity index (χ4v) is 0.715. The maximum absolute atomic E-state index is 9.13. The molecular formula is C11H20O. The largest absolute Gasteiger partial charge is 0.392 e. The molecule has 1 nitrogen and oxygen atoms in total. The van der Waals surface area contributed by atoms with Gasteiger partial charge in [0.15, 0.2) is 0 Å². The Morgan fingerprint density at radius 3 is 2.17 bits per heavy atom. The highest BCUT2D eigenvalue weighted by atomic mass is 16.3. The molecule has 2 atom stereocenters. The van der Waals surface area contributed by atoms with Crippen LogP contribution in [0.25, 0.3) is 0 Å². The Morgan fingerprint density at radius 1 is 1.17 bits per heavy atom. The molecule has 0 fully saturated rings. The van der Waals surface area contributed by atoms with Crippen LogP contribution in [0.4, 0.5) is 0 Å². The van der Waals surface area contributed by atoms with Crippen LogP contribution in [0.2, 0.25) is 0 Å². The minimum absolute atomic E-state index is 0.108. The molecule has 1 N–H and O–H groups in total. The van der Waals surface area contributed by atoms with Gasteiger partial charge in [0.05, 0.1) is 6.10 Å². The van der Waals surface area contributed by atoms with Crippen molar-refractivity contribution >= 4 is 0 Å². The van der Waals surface area contributed by atoms with Crippen molar-refractivity contribution in [1.29, 1.82) is 0 Å². The molecule has 1 heteroatoms. The number of hydrogen-bond donors (Lipinski definition) is 1. The van der Waals surface area contributed by atoms with Crippen LogP contribution in [-0.4, -0.2) is 11.2 Å². The minimum Gasteiger partial charge on any atom is -0.392 e. The zero-order chi connectivity index (χ0) is 9.56. The van der Waals surface area contributed by atoms with Crippen molar-refractivity contribution in [1.82, 2.24) is 0 Å². The summed E-state index contributed by atoms with van der Waals surface area (Å²) >= 11 is 0. The second-order valence-electron chi connectivity index (χ2n) is 3.78. The van der Waals surface area contributed by atoms with Crippen molar-refractivity contribution in [2.45, 2.75) is 46.6 Å². The second-order valence-corrected chi connectivity index (χ2v) is 3.78. The van der Waals surface area contributed by atoms with Gasteiger partial charge in [-0.05, 0) is 26.2 Å². The molecule has 12 heavy (non-hydrogen) atoms. The summed E-state index contributed by atoms with van der Waals surface area (Å²) in [5.74, 6) is 6.96. The van der Waals surface area contributed by atoms with Crippen LogP contribution in [0, 0.1) is 23.7 Å². The predicted molar refractivity (Wildman–Crippen MR) is 52.7 cm³/mol. The molecule has 0 heterocycles. The average Bonchev–Trinajstić information content (AvgIpc) is 1.97. The Hall–Kier alpha value is -0.480. The third-order valence-corrected chi connectivity index (χ3v) is 1.90. The molecule has 0 aliphatic heterocycles. The highest BCUT2D eigenvalue weighted by Crippen LogP contribution is 2.03. The normalized spacial score (nSPS) is 15.2. The molecule has 0 unspecified atom stereocenters. The van der Waals surface area contributed by atoms with Crippen LogP contribution < -0.4 is 0 Å². The van der Waals surface area contributed by atoms with Gasteiger partial charge in [0.25, 0.3) is 0 Å². The predicted octanol–water partition coefficient (Wildman–Crippen LogP) is 2.44. The van der Waals surface area contributed by atoms with Gasteiger partial charge < -0.3 is 5.11 Å². The smallest absolute Gasteiger partial charge is 0.0646 e. The van der Waals surface area contributed by atoms with Gasteiger partial charge in [-0.25, -0.2) is 0 Å². The molecule has 0 rings (SSSR count). The average molecular weight is 168 g/mol. The van der Waals surface area contributed by atoms with Crippen LogP contribution in [-0.2, 0) is 0 Å². The van der Waals surface area contributed by atoms with E-state index in [2.05, 4.69) is 25.7 Å². The fraction of sp³-hybridized carbons (Fsp3) is 0.818. The summed E-state index contributed by atoms with van der Waals surface area (Å²) in [6, 6.07) is 0. The second kappa shape index (κ2) is 6.08. The minimum atomic E-state index is -0.309. The monoisotopic (exact) mass is 168 g/mol. The van der Waals surface area contributed by atoms with E-state index in [-0.39, 0.29) is 12.0 Å². The molecule has 0 aliphatic carbocycles. The SMILES string of the molecule is CC(C)CCC#C[C@@H](C)[C@H](C)O.